The molecule has 0 aliphatic heterocycles. The average Bonchev–Trinajstić information content (AvgIpc) is 1.55. The molecule has 0 bridgehead atoms. The van der Waals surface area contributed by atoms with E-state index in [1.165, 1.54) is 226 Å². The minimum Gasteiger partial charge on any atom is -0.309 e. The summed E-state index contributed by atoms with van der Waals surface area (Å²) < 4.78 is 7.41. The van der Waals surface area contributed by atoms with Gasteiger partial charge in [-0.3, -0.25) is 0 Å². The second-order valence-electron chi connectivity index (χ2n) is 33.2. The summed E-state index contributed by atoms with van der Waals surface area (Å²) in [7, 11) is 0. The lowest BCUT2D eigenvalue weighted by molar-refractivity contribution is 1.02. The van der Waals surface area contributed by atoms with E-state index in [0.29, 0.717) is 0 Å². The summed E-state index contributed by atoms with van der Waals surface area (Å²) >= 11 is 0. The highest BCUT2D eigenvalue weighted by atomic mass is 15.0. The van der Waals surface area contributed by atoms with Gasteiger partial charge in [0.05, 0.1) is 33.1 Å². The largest absolute Gasteiger partial charge is 0.309 e. The number of rotatable bonds is 10. The number of aromatic nitrogens is 3. The van der Waals surface area contributed by atoms with Crippen molar-refractivity contribution in [1.82, 2.24) is 13.7 Å². The number of fused-ring (bicyclic) bond motifs is 22. The van der Waals surface area contributed by atoms with Crippen molar-refractivity contribution in [3.05, 3.63) is 499 Å². The second-order valence-corrected chi connectivity index (χ2v) is 33.2. The van der Waals surface area contributed by atoms with E-state index in [0.717, 1.165) is 5.69 Å². The number of benzene rings is 20. The first-order valence-electron chi connectivity index (χ1n) is 42.6. The Morgan fingerprint density at radius 1 is 0.164 bits per heavy atom. The van der Waals surface area contributed by atoms with Gasteiger partial charge in [-0.25, -0.2) is 0 Å². The van der Waals surface area contributed by atoms with Crippen molar-refractivity contribution in [2.24, 2.45) is 0 Å². The molecule has 122 heavy (non-hydrogen) atoms. The maximum absolute atomic E-state index is 2.50. The maximum Gasteiger partial charge on any atom is 0.0547 e. The van der Waals surface area contributed by atoms with E-state index in [2.05, 4.69) is 463 Å². The fraction of sp³-hybridized carbons (Fsp3) is 0.0252. The van der Waals surface area contributed by atoms with E-state index in [9.17, 15) is 0 Å². The molecule has 0 saturated carbocycles. The third kappa shape index (κ3) is 11.0. The molecule has 3 unspecified atom stereocenters. The minimum absolute atomic E-state index is 0.129. The molecule has 0 radical (unpaired) electrons. The van der Waals surface area contributed by atoms with Crippen molar-refractivity contribution in [2.75, 3.05) is 0 Å². The van der Waals surface area contributed by atoms with Crippen LogP contribution in [0.1, 0.15) is 67.8 Å². The third-order valence-corrected chi connectivity index (χ3v) is 26.7. The summed E-state index contributed by atoms with van der Waals surface area (Å²) in [5, 5.41) is 12.7. The molecule has 0 fully saturated rings. The van der Waals surface area contributed by atoms with Gasteiger partial charge in [0.25, 0.3) is 0 Å². The zero-order chi connectivity index (χ0) is 80.0. The third-order valence-electron chi connectivity index (χ3n) is 26.7. The topological polar surface area (TPSA) is 14.8 Å². The number of para-hydroxylation sites is 1. The van der Waals surface area contributed by atoms with Crippen LogP contribution in [0.5, 0.6) is 0 Å². The van der Waals surface area contributed by atoms with Gasteiger partial charge in [0, 0.05) is 67.1 Å². The van der Waals surface area contributed by atoms with Gasteiger partial charge in [0.2, 0.25) is 0 Å². The molecule has 0 amide bonds. The fourth-order valence-electron chi connectivity index (χ4n) is 21.3. The second kappa shape index (κ2) is 28.0. The van der Waals surface area contributed by atoms with E-state index in [4.69, 9.17) is 0 Å². The zero-order valence-corrected chi connectivity index (χ0v) is 66.8. The standard InChI is InChI=1S/C60H39N.C59H38N2/c1-3-14-38(15-4-1)41-20-13-21-45(34-41)57-49-24-11-10-23-48(49)53-36-43(27-30-52(53)57)44-28-32-55-54(37-44)59-56(61(55)46-29-26-39-16-7-8-19-42(39)35-46)33-31-51-47-22-9-12-25-50(47)58(60(51)59)40-17-5-2-6-18-40;1-3-14-38(15-4-1)42-20-13-21-45(34-42)60-53-25-12-11-22-47(53)51-36-43(27-31-54(51)60)44-28-32-55-52(37-44)59-56(61(55)46-29-26-39-16-7-8-19-41(39)35-46)33-30-50-57(40-17-5-2-6-18-40)48-23-9-10-24-49(48)58(50)59/h1-37,57-58H;1-37,57H. The summed E-state index contributed by atoms with van der Waals surface area (Å²) in [6, 6.07) is 167. The number of hydrogen-bond donors (Lipinski definition) is 0. The van der Waals surface area contributed by atoms with Gasteiger partial charge in [0.1, 0.15) is 0 Å². The van der Waals surface area contributed by atoms with Crippen LogP contribution in [0.15, 0.2) is 449 Å². The number of hydrogen-bond acceptors (Lipinski definition) is 0. The molecule has 0 spiro atoms. The molecule has 568 valence electrons. The molecule has 3 heterocycles. The SMILES string of the molecule is c1ccc(-c2cccc(-n3c4ccccc4c4cc(-c5ccc6c(c5)c5c7c(ccc5n6-c5ccc6ccccc6c5)C(c5ccccc5)c5ccccc5-7)ccc43)c2)cc1.c1ccc(-c2cccc(C3c4ccccc4-c4cc(-c5ccc6c(c5)c5c7c(ccc5n6-c5ccc6ccccc6c5)-c5ccccc5C7c5ccccc5)ccc43)c2)cc1. The summed E-state index contributed by atoms with van der Waals surface area (Å²) in [6.07, 6.45) is 0. The first-order valence-corrected chi connectivity index (χ1v) is 42.6. The normalized spacial score (nSPS) is 14.1. The van der Waals surface area contributed by atoms with Crippen LogP contribution in [0.4, 0.5) is 0 Å². The highest BCUT2D eigenvalue weighted by molar-refractivity contribution is 6.20. The molecule has 3 nitrogen and oxygen atoms in total. The first-order chi connectivity index (χ1) is 60.5. The van der Waals surface area contributed by atoms with Gasteiger partial charge in [-0.15, -0.1) is 0 Å². The smallest absolute Gasteiger partial charge is 0.0547 e. The highest BCUT2D eigenvalue weighted by Crippen LogP contribution is 2.57. The van der Waals surface area contributed by atoms with Gasteiger partial charge in [-0.2, -0.15) is 0 Å². The van der Waals surface area contributed by atoms with Gasteiger partial charge >= 0.3 is 0 Å². The van der Waals surface area contributed by atoms with Gasteiger partial charge in [-0.05, 0) is 247 Å². The molecule has 3 aromatic heterocycles. The lowest BCUT2D eigenvalue weighted by atomic mass is 9.86. The van der Waals surface area contributed by atoms with Crippen LogP contribution in [0.25, 0.3) is 182 Å². The zero-order valence-electron chi connectivity index (χ0n) is 66.8. The lowest BCUT2D eigenvalue weighted by Crippen LogP contribution is -2.00. The van der Waals surface area contributed by atoms with Crippen LogP contribution in [0, 0.1) is 0 Å². The van der Waals surface area contributed by atoms with Gasteiger partial charge < -0.3 is 13.7 Å². The van der Waals surface area contributed by atoms with Gasteiger partial charge in [-0.1, -0.05) is 352 Å². The van der Waals surface area contributed by atoms with Crippen molar-refractivity contribution in [2.45, 2.75) is 17.8 Å². The Kier molecular flexibility index (Phi) is 15.9. The van der Waals surface area contributed by atoms with Crippen molar-refractivity contribution < 1.29 is 0 Å². The van der Waals surface area contributed by atoms with Gasteiger partial charge in [0.15, 0.2) is 0 Å². The van der Waals surface area contributed by atoms with E-state index in [1.54, 1.807) is 0 Å². The summed E-state index contributed by atoms with van der Waals surface area (Å²) in [5.41, 5.74) is 40.8. The van der Waals surface area contributed by atoms with E-state index in [1.807, 2.05) is 0 Å². The molecule has 3 heteroatoms. The Labute approximate surface area is 707 Å². The lowest BCUT2D eigenvalue weighted by Gasteiger charge is -2.16. The van der Waals surface area contributed by atoms with E-state index >= 15 is 0 Å². The summed E-state index contributed by atoms with van der Waals surface area (Å²) in [6.45, 7) is 0. The van der Waals surface area contributed by atoms with Crippen LogP contribution in [0.3, 0.4) is 0 Å². The van der Waals surface area contributed by atoms with Crippen LogP contribution >= 0.6 is 0 Å². The fourth-order valence-corrected chi connectivity index (χ4v) is 21.3. The Morgan fingerprint density at radius 3 is 1.19 bits per heavy atom. The molecule has 23 aromatic rings. The molecular formula is C119H77N3. The maximum atomic E-state index is 2.50. The average molecular weight is 1550 g/mol. The van der Waals surface area contributed by atoms with E-state index in [-0.39, 0.29) is 17.8 Å². The molecule has 0 saturated heterocycles. The van der Waals surface area contributed by atoms with Crippen LogP contribution in [-0.2, 0) is 0 Å². The minimum atomic E-state index is 0.129. The van der Waals surface area contributed by atoms with Crippen molar-refractivity contribution in [3.8, 4) is 95.0 Å². The Morgan fingerprint density at radius 2 is 0.549 bits per heavy atom. The summed E-state index contributed by atoms with van der Waals surface area (Å²) in [4.78, 5) is 0. The molecule has 20 aromatic carbocycles. The van der Waals surface area contributed by atoms with Crippen LogP contribution in [-0.4, -0.2) is 13.7 Å². The Hall–Kier alpha value is -15.7. The predicted molar refractivity (Wildman–Crippen MR) is 511 cm³/mol. The molecule has 3 aliphatic carbocycles. The van der Waals surface area contributed by atoms with Crippen molar-refractivity contribution >= 4 is 87.0 Å². The van der Waals surface area contributed by atoms with Crippen LogP contribution < -0.4 is 0 Å². The Bertz CT molecular complexity index is 8200. The van der Waals surface area contributed by atoms with Crippen LogP contribution in [0.2, 0.25) is 0 Å². The molecule has 0 N–H and O–H groups in total. The van der Waals surface area contributed by atoms with E-state index < -0.39 is 0 Å². The van der Waals surface area contributed by atoms with Crippen molar-refractivity contribution in [3.63, 3.8) is 0 Å². The molecule has 3 aliphatic rings. The number of nitrogens with zero attached hydrogens (tertiary/aromatic N) is 3. The molecule has 3 atom stereocenters. The monoisotopic (exact) mass is 1550 g/mol. The molecular weight excluding hydrogens is 1470 g/mol. The molecule has 26 rings (SSSR count). The highest BCUT2D eigenvalue weighted by Gasteiger charge is 2.37. The quantitative estimate of drug-likeness (QED) is 0.130. The predicted octanol–water partition coefficient (Wildman–Crippen LogP) is 31.1. The summed E-state index contributed by atoms with van der Waals surface area (Å²) in [5.74, 6) is 0.474. The Balaban J connectivity index is 0.000000134. The first kappa shape index (κ1) is 69.4. The van der Waals surface area contributed by atoms with Crippen molar-refractivity contribution in [1.29, 1.82) is 0 Å².